The van der Waals surface area contributed by atoms with E-state index in [1.807, 2.05) is 0 Å². The van der Waals surface area contributed by atoms with Gasteiger partial charge in [0, 0.05) is 23.3 Å². The first-order chi connectivity index (χ1) is 13.5. The number of H-pyrrole nitrogens is 1. The number of anilines is 1. The minimum atomic E-state index is -0.579. The van der Waals surface area contributed by atoms with Gasteiger partial charge in [-0.3, -0.25) is 19.9 Å². The lowest BCUT2D eigenvalue weighted by Gasteiger charge is -2.05. The molecule has 142 valence electrons. The van der Waals surface area contributed by atoms with E-state index in [0.29, 0.717) is 17.0 Å². The lowest BCUT2D eigenvalue weighted by atomic mass is 10.1. The average molecular weight is 400 g/mol. The zero-order valence-electron chi connectivity index (χ0n) is 14.5. The molecule has 1 heterocycles. The number of benzene rings is 2. The van der Waals surface area contributed by atoms with Gasteiger partial charge in [-0.1, -0.05) is 17.7 Å². The molecule has 0 saturated carbocycles. The molecular formula is C18H14ClN5O4. The van der Waals surface area contributed by atoms with Crippen molar-refractivity contribution in [1.29, 1.82) is 0 Å². The minimum absolute atomic E-state index is 0.0355. The average Bonchev–Trinajstić information content (AvgIpc) is 2.68. The van der Waals surface area contributed by atoms with E-state index in [2.05, 4.69) is 20.5 Å². The number of hydrogen-bond acceptors (Lipinski definition) is 7. The van der Waals surface area contributed by atoms with Crippen molar-refractivity contribution >= 4 is 29.5 Å². The number of nitrogens with one attached hydrogen (secondary N) is 2. The molecule has 3 aromatic rings. The van der Waals surface area contributed by atoms with Gasteiger partial charge in [0.15, 0.2) is 0 Å². The van der Waals surface area contributed by atoms with Crippen molar-refractivity contribution in [1.82, 2.24) is 9.97 Å². The number of hydrogen-bond donors (Lipinski definition) is 2. The van der Waals surface area contributed by atoms with Crippen LogP contribution in [0.5, 0.6) is 5.75 Å². The molecule has 1 aromatic heterocycles. The predicted octanol–water partition coefficient (Wildman–Crippen LogP) is 3.45. The van der Waals surface area contributed by atoms with Crippen molar-refractivity contribution in [2.24, 2.45) is 5.10 Å². The highest BCUT2D eigenvalue weighted by Gasteiger charge is 2.11. The molecule has 2 aromatic carbocycles. The van der Waals surface area contributed by atoms with E-state index in [1.165, 1.54) is 24.4 Å². The van der Waals surface area contributed by atoms with E-state index in [9.17, 15) is 14.9 Å². The fourth-order valence-electron chi connectivity index (χ4n) is 2.34. The number of hydrazone groups is 1. The number of halogens is 1. The summed E-state index contributed by atoms with van der Waals surface area (Å²) < 4.78 is 5.11. The van der Waals surface area contributed by atoms with Crippen LogP contribution >= 0.6 is 11.6 Å². The fraction of sp³-hybridized carbons (Fsp3) is 0.0556. The highest BCUT2D eigenvalue weighted by atomic mass is 35.5. The Bertz CT molecular complexity index is 1100. The van der Waals surface area contributed by atoms with Crippen LogP contribution in [0.25, 0.3) is 11.3 Å². The van der Waals surface area contributed by atoms with Crippen molar-refractivity contribution in [2.75, 3.05) is 12.5 Å². The van der Waals surface area contributed by atoms with Crippen molar-refractivity contribution in [3.63, 3.8) is 0 Å². The summed E-state index contributed by atoms with van der Waals surface area (Å²) in [6.45, 7) is 0. The van der Waals surface area contributed by atoms with E-state index in [4.69, 9.17) is 16.3 Å². The molecule has 0 unspecified atom stereocenters. The van der Waals surface area contributed by atoms with Crippen molar-refractivity contribution in [3.8, 4) is 17.0 Å². The molecule has 0 radical (unpaired) electrons. The molecule has 3 rings (SSSR count). The maximum Gasteiger partial charge on any atom is 0.288 e. The summed E-state index contributed by atoms with van der Waals surface area (Å²) in [7, 11) is 1.57. The molecule has 0 aliphatic carbocycles. The monoisotopic (exact) mass is 399 g/mol. The first kappa shape index (κ1) is 19.1. The molecule has 0 saturated heterocycles. The molecule has 0 atom stereocenters. The summed E-state index contributed by atoms with van der Waals surface area (Å²) >= 11 is 5.77. The number of aromatic amines is 1. The molecule has 28 heavy (non-hydrogen) atoms. The van der Waals surface area contributed by atoms with Crippen LogP contribution in [0.15, 0.2) is 58.4 Å². The summed E-state index contributed by atoms with van der Waals surface area (Å²) in [5.74, 6) is 0.812. The van der Waals surface area contributed by atoms with Gasteiger partial charge in [0.05, 0.1) is 23.9 Å². The van der Waals surface area contributed by atoms with Gasteiger partial charge >= 0.3 is 0 Å². The second-order valence-electron chi connectivity index (χ2n) is 5.55. The predicted molar refractivity (Wildman–Crippen MR) is 106 cm³/mol. The van der Waals surface area contributed by atoms with Crippen molar-refractivity contribution in [3.05, 3.63) is 79.6 Å². The zero-order valence-corrected chi connectivity index (χ0v) is 15.3. The normalized spacial score (nSPS) is 10.8. The first-order valence-corrected chi connectivity index (χ1v) is 8.33. The number of aromatic nitrogens is 2. The Labute approximate surface area is 163 Å². The van der Waals surface area contributed by atoms with Gasteiger partial charge in [-0.05, 0) is 30.3 Å². The van der Waals surface area contributed by atoms with E-state index < -0.39 is 4.92 Å². The second kappa shape index (κ2) is 8.31. The van der Waals surface area contributed by atoms with Gasteiger partial charge in [-0.2, -0.15) is 5.10 Å². The van der Waals surface area contributed by atoms with Crippen LogP contribution in [0.1, 0.15) is 5.56 Å². The smallest absolute Gasteiger partial charge is 0.288 e. The number of nitrogens with zero attached hydrogens (tertiary/aromatic N) is 3. The molecule has 0 fully saturated rings. The summed E-state index contributed by atoms with van der Waals surface area (Å²) in [6.07, 6.45) is 1.35. The van der Waals surface area contributed by atoms with Crippen LogP contribution in [0.3, 0.4) is 0 Å². The van der Waals surface area contributed by atoms with E-state index >= 15 is 0 Å². The summed E-state index contributed by atoms with van der Waals surface area (Å²) in [5, 5.41) is 14.9. The topological polar surface area (TPSA) is 123 Å². The molecule has 0 aliphatic heterocycles. The molecule has 0 aliphatic rings. The Morgan fingerprint density at radius 2 is 2.00 bits per heavy atom. The third-order valence-electron chi connectivity index (χ3n) is 3.68. The number of ether oxygens (including phenoxy) is 1. The minimum Gasteiger partial charge on any atom is -0.497 e. The van der Waals surface area contributed by atoms with E-state index in [0.717, 1.165) is 5.56 Å². The van der Waals surface area contributed by atoms with Crippen LogP contribution in [0.4, 0.5) is 11.6 Å². The Hall–Kier alpha value is -3.72. The quantitative estimate of drug-likeness (QED) is 0.372. The number of nitro benzene ring substituents is 1. The summed E-state index contributed by atoms with van der Waals surface area (Å²) in [6, 6.07) is 12.7. The van der Waals surface area contributed by atoms with Gasteiger partial charge in [0.2, 0.25) is 5.95 Å². The SMILES string of the molecule is COc1ccc(-c2cc(=O)[nH]c(N/N=C\c3ccc(Cl)c([N+](=O)[O-])c3)n2)cc1. The van der Waals surface area contributed by atoms with Gasteiger partial charge in [-0.15, -0.1) is 0 Å². The van der Waals surface area contributed by atoms with Crippen LogP contribution in [0, 0.1) is 10.1 Å². The maximum atomic E-state index is 11.9. The standard InChI is InChI=1S/C18H14ClN5O4/c1-28-13-5-3-12(4-6-13)15-9-17(25)22-18(21-15)23-20-10-11-2-7-14(19)16(8-11)24(26)27/h2-10H,1H3,(H2,21,22,23,25)/b20-10-. The largest absolute Gasteiger partial charge is 0.497 e. The first-order valence-electron chi connectivity index (χ1n) is 7.95. The highest BCUT2D eigenvalue weighted by molar-refractivity contribution is 6.32. The molecule has 0 amide bonds. The lowest BCUT2D eigenvalue weighted by Crippen LogP contribution is -2.10. The maximum absolute atomic E-state index is 11.9. The molecule has 0 spiro atoms. The highest BCUT2D eigenvalue weighted by Crippen LogP contribution is 2.24. The van der Waals surface area contributed by atoms with Gasteiger partial charge in [-0.25, -0.2) is 10.4 Å². The molecule has 2 N–H and O–H groups in total. The fourth-order valence-corrected chi connectivity index (χ4v) is 2.52. The van der Waals surface area contributed by atoms with Crippen molar-refractivity contribution in [2.45, 2.75) is 0 Å². The Kier molecular flexibility index (Phi) is 5.66. The molecule has 0 bridgehead atoms. The van der Waals surface area contributed by atoms with Crippen LogP contribution in [-0.4, -0.2) is 28.2 Å². The Balaban J connectivity index is 1.80. The zero-order chi connectivity index (χ0) is 20.1. The van der Waals surface area contributed by atoms with E-state index in [1.54, 1.807) is 37.4 Å². The number of methoxy groups -OCH3 is 1. The van der Waals surface area contributed by atoms with Crippen LogP contribution in [-0.2, 0) is 0 Å². The van der Waals surface area contributed by atoms with Gasteiger partial charge in [0.1, 0.15) is 10.8 Å². The Morgan fingerprint density at radius 1 is 1.25 bits per heavy atom. The molecular weight excluding hydrogens is 386 g/mol. The summed E-state index contributed by atoms with van der Waals surface area (Å²) in [5.41, 5.74) is 3.66. The second-order valence-corrected chi connectivity index (χ2v) is 5.95. The van der Waals surface area contributed by atoms with Crippen LogP contribution in [0.2, 0.25) is 5.02 Å². The van der Waals surface area contributed by atoms with Gasteiger partial charge in [0.25, 0.3) is 11.2 Å². The molecule has 10 heteroatoms. The van der Waals surface area contributed by atoms with Gasteiger partial charge < -0.3 is 4.74 Å². The number of nitro groups is 1. The Morgan fingerprint density at radius 3 is 2.68 bits per heavy atom. The third kappa shape index (κ3) is 4.51. The van der Waals surface area contributed by atoms with Crippen molar-refractivity contribution < 1.29 is 9.66 Å². The number of rotatable bonds is 6. The lowest BCUT2D eigenvalue weighted by molar-refractivity contribution is -0.384. The third-order valence-corrected chi connectivity index (χ3v) is 4.00. The van der Waals surface area contributed by atoms with Crippen LogP contribution < -0.4 is 15.7 Å². The molecule has 9 nitrogen and oxygen atoms in total. The summed E-state index contributed by atoms with van der Waals surface area (Å²) in [4.78, 5) is 29.1. The van der Waals surface area contributed by atoms with E-state index in [-0.39, 0.29) is 22.2 Å².